The van der Waals surface area contributed by atoms with Gasteiger partial charge >= 0.3 is 0 Å². The fraction of sp³-hybridized carbons (Fsp3) is 0.520. The molecular weight excluding hydrogens is 362 g/mol. The molecule has 2 nitrogen and oxygen atoms in total. The second-order valence-electron chi connectivity index (χ2n) is 8.91. The molecule has 3 N–H and O–H groups in total. The van der Waals surface area contributed by atoms with Crippen molar-refractivity contribution < 1.29 is 5.11 Å². The van der Waals surface area contributed by atoms with Crippen molar-refractivity contribution in [2.75, 3.05) is 18.1 Å². The number of thioether (sulfide) groups is 1. The largest absolute Gasteiger partial charge is 0.394 e. The molecule has 0 aliphatic heterocycles. The number of aliphatic hydroxyl groups excluding tert-OH is 1. The number of fused-ring (bicyclic) bond motifs is 1. The van der Waals surface area contributed by atoms with Crippen LogP contribution >= 0.6 is 11.8 Å². The van der Waals surface area contributed by atoms with Gasteiger partial charge in [0.15, 0.2) is 0 Å². The van der Waals surface area contributed by atoms with Crippen molar-refractivity contribution in [1.82, 2.24) is 0 Å². The van der Waals surface area contributed by atoms with Crippen LogP contribution in [0.5, 0.6) is 0 Å². The van der Waals surface area contributed by atoms with Crippen molar-refractivity contribution in [1.29, 1.82) is 0 Å². The number of hydrogen-bond acceptors (Lipinski definition) is 3. The van der Waals surface area contributed by atoms with Crippen LogP contribution in [-0.2, 0) is 19.3 Å². The predicted octanol–water partition coefficient (Wildman–Crippen LogP) is 4.72. The summed E-state index contributed by atoms with van der Waals surface area (Å²) in [5.74, 6) is 3.84. The Hall–Kier alpha value is -1.29. The molecule has 0 aromatic heterocycles. The van der Waals surface area contributed by atoms with Crippen LogP contribution in [0.1, 0.15) is 53.9 Å². The lowest BCUT2D eigenvalue weighted by atomic mass is 9.82. The summed E-state index contributed by atoms with van der Waals surface area (Å²) in [5.41, 5.74) is 11.9. The Morgan fingerprint density at radius 3 is 2.71 bits per heavy atom. The summed E-state index contributed by atoms with van der Waals surface area (Å²) in [7, 11) is 0. The summed E-state index contributed by atoms with van der Waals surface area (Å²) in [4.78, 5) is 0. The van der Waals surface area contributed by atoms with Gasteiger partial charge < -0.3 is 10.8 Å². The van der Waals surface area contributed by atoms with E-state index in [1.807, 2.05) is 0 Å². The van der Waals surface area contributed by atoms with Gasteiger partial charge in [-0.25, -0.2) is 0 Å². The first-order valence-electron chi connectivity index (χ1n) is 10.8. The molecule has 0 bridgehead atoms. The Labute approximate surface area is 173 Å². The lowest BCUT2D eigenvalue weighted by molar-refractivity contribution is 0.198. The minimum atomic E-state index is -0.358. The summed E-state index contributed by atoms with van der Waals surface area (Å²) in [6, 6.07) is 18.0. The summed E-state index contributed by atoms with van der Waals surface area (Å²) in [6.07, 6.45) is 7.91. The fourth-order valence-electron chi connectivity index (χ4n) is 4.92. The molecule has 0 saturated heterocycles. The normalized spacial score (nSPS) is 26.9. The smallest absolute Gasteiger partial charge is 0.0611 e. The Kier molecular flexibility index (Phi) is 6.45. The molecule has 28 heavy (non-hydrogen) atoms. The van der Waals surface area contributed by atoms with Crippen molar-refractivity contribution in [3.63, 3.8) is 0 Å². The van der Waals surface area contributed by atoms with E-state index < -0.39 is 0 Å². The lowest BCUT2D eigenvalue weighted by Crippen LogP contribution is -2.40. The van der Waals surface area contributed by atoms with Crippen molar-refractivity contribution in [2.24, 2.45) is 11.7 Å². The average molecular weight is 396 g/mol. The second-order valence-corrected chi connectivity index (χ2v) is 10.1. The molecule has 3 heteroatoms. The van der Waals surface area contributed by atoms with Gasteiger partial charge in [-0.1, -0.05) is 48.5 Å². The standard InChI is InChI=1S/C25H33NOS/c26-25(18-27)12-10-24(16-25)23-9-8-21-14-20(6-7-22(21)15-23)17-28-13-11-19-4-2-1-3-5-19/h1-5,8-9,15,20,24,27H,6-7,10-14,16-18,26H2/t20-,24+,25-/m1/s1. The second kappa shape index (κ2) is 9.02. The van der Waals surface area contributed by atoms with Crippen LogP contribution in [0.25, 0.3) is 0 Å². The van der Waals surface area contributed by atoms with Crippen molar-refractivity contribution >= 4 is 11.8 Å². The molecule has 0 amide bonds. The van der Waals surface area contributed by atoms with E-state index in [0.717, 1.165) is 25.2 Å². The number of aliphatic hydroxyl groups is 1. The van der Waals surface area contributed by atoms with E-state index in [4.69, 9.17) is 5.73 Å². The van der Waals surface area contributed by atoms with Crippen LogP contribution in [0, 0.1) is 5.92 Å². The van der Waals surface area contributed by atoms with Gasteiger partial charge in [-0.2, -0.15) is 11.8 Å². The Morgan fingerprint density at radius 2 is 1.93 bits per heavy atom. The molecule has 1 fully saturated rings. The van der Waals surface area contributed by atoms with Crippen LogP contribution in [0.15, 0.2) is 48.5 Å². The van der Waals surface area contributed by atoms with E-state index >= 15 is 0 Å². The van der Waals surface area contributed by atoms with Gasteiger partial charge in [-0.05, 0) is 90.5 Å². The third kappa shape index (κ3) is 4.82. The van der Waals surface area contributed by atoms with Gasteiger partial charge in [-0.15, -0.1) is 0 Å². The Bertz CT molecular complexity index is 777. The van der Waals surface area contributed by atoms with Gasteiger partial charge in [0, 0.05) is 5.54 Å². The van der Waals surface area contributed by atoms with Gasteiger partial charge in [0.1, 0.15) is 0 Å². The minimum absolute atomic E-state index is 0.109. The summed E-state index contributed by atoms with van der Waals surface area (Å²) < 4.78 is 0. The first-order valence-corrected chi connectivity index (χ1v) is 11.9. The molecule has 2 aliphatic carbocycles. The van der Waals surface area contributed by atoms with Gasteiger partial charge in [0.25, 0.3) is 0 Å². The number of rotatable bonds is 7. The molecule has 0 radical (unpaired) electrons. The van der Waals surface area contributed by atoms with E-state index in [9.17, 15) is 5.11 Å². The maximum Gasteiger partial charge on any atom is 0.0611 e. The Balaban J connectivity index is 1.27. The summed E-state index contributed by atoms with van der Waals surface area (Å²) >= 11 is 2.12. The van der Waals surface area contributed by atoms with Crippen LogP contribution in [-0.4, -0.2) is 28.8 Å². The van der Waals surface area contributed by atoms with Crippen LogP contribution in [0.4, 0.5) is 0 Å². The fourth-order valence-corrected chi connectivity index (χ4v) is 6.08. The number of hydrogen-bond donors (Lipinski definition) is 2. The maximum absolute atomic E-state index is 9.54. The van der Waals surface area contributed by atoms with E-state index in [0.29, 0.717) is 5.92 Å². The maximum atomic E-state index is 9.54. The highest BCUT2D eigenvalue weighted by atomic mass is 32.2. The molecule has 1 saturated carbocycles. The molecular formula is C25H33NOS. The van der Waals surface area contributed by atoms with E-state index in [-0.39, 0.29) is 12.1 Å². The van der Waals surface area contributed by atoms with Crippen LogP contribution in [0.2, 0.25) is 0 Å². The number of benzene rings is 2. The van der Waals surface area contributed by atoms with Crippen LogP contribution < -0.4 is 5.73 Å². The van der Waals surface area contributed by atoms with E-state index in [1.165, 1.54) is 48.3 Å². The van der Waals surface area contributed by atoms with Crippen molar-refractivity contribution in [2.45, 2.75) is 56.4 Å². The topological polar surface area (TPSA) is 46.2 Å². The monoisotopic (exact) mass is 395 g/mol. The van der Waals surface area contributed by atoms with Gasteiger partial charge in [0.2, 0.25) is 0 Å². The molecule has 3 atom stereocenters. The van der Waals surface area contributed by atoms with Crippen LogP contribution in [0.3, 0.4) is 0 Å². The zero-order valence-corrected chi connectivity index (χ0v) is 17.6. The highest BCUT2D eigenvalue weighted by Crippen LogP contribution is 2.40. The highest BCUT2D eigenvalue weighted by Gasteiger charge is 2.36. The quantitative estimate of drug-likeness (QED) is 0.667. The highest BCUT2D eigenvalue weighted by molar-refractivity contribution is 7.99. The summed E-state index contributed by atoms with van der Waals surface area (Å²) in [6.45, 7) is 0.109. The van der Waals surface area contributed by atoms with E-state index in [2.05, 4.69) is 60.3 Å². The predicted molar refractivity (Wildman–Crippen MR) is 120 cm³/mol. The zero-order valence-electron chi connectivity index (χ0n) is 16.8. The van der Waals surface area contributed by atoms with Gasteiger partial charge in [0.05, 0.1) is 6.61 Å². The molecule has 0 heterocycles. The molecule has 2 aliphatic rings. The molecule has 150 valence electrons. The molecule has 2 aromatic rings. The summed E-state index contributed by atoms with van der Waals surface area (Å²) in [5, 5.41) is 9.54. The zero-order chi connectivity index (χ0) is 19.4. The third-order valence-electron chi connectivity index (χ3n) is 6.72. The first-order chi connectivity index (χ1) is 13.6. The minimum Gasteiger partial charge on any atom is -0.394 e. The average Bonchev–Trinajstić information content (AvgIpc) is 3.14. The molecule has 2 aromatic carbocycles. The molecule has 0 unspecified atom stereocenters. The van der Waals surface area contributed by atoms with Crippen molar-refractivity contribution in [3.05, 3.63) is 70.8 Å². The molecule has 0 spiro atoms. The van der Waals surface area contributed by atoms with Crippen molar-refractivity contribution in [3.8, 4) is 0 Å². The SMILES string of the molecule is N[C@]1(CO)CC[C@H](c2ccc3c(c2)CC[C@@H](CSCCc2ccccc2)C3)C1. The van der Waals surface area contributed by atoms with Gasteiger partial charge in [-0.3, -0.25) is 0 Å². The van der Waals surface area contributed by atoms with E-state index in [1.54, 1.807) is 11.1 Å². The number of aryl methyl sites for hydroxylation is 2. The number of nitrogens with two attached hydrogens (primary N) is 1. The third-order valence-corrected chi connectivity index (χ3v) is 7.92. The lowest BCUT2D eigenvalue weighted by Gasteiger charge is -2.26. The Morgan fingerprint density at radius 1 is 1.07 bits per heavy atom. The first kappa shape index (κ1) is 20.0. The molecule has 4 rings (SSSR count).